The van der Waals surface area contributed by atoms with Crippen LogP contribution in [0.3, 0.4) is 0 Å². The van der Waals surface area contributed by atoms with Gasteiger partial charge >= 0.3 is 5.97 Å². The Bertz CT molecular complexity index is 1090. The number of rotatable bonds is 9. The molecule has 3 unspecified atom stereocenters. The zero-order valence-electron chi connectivity index (χ0n) is 18.9. The molecule has 0 saturated carbocycles. The van der Waals surface area contributed by atoms with Crippen LogP contribution >= 0.6 is 23.5 Å². The Morgan fingerprint density at radius 1 is 1.28 bits per heavy atom. The molecule has 1 saturated heterocycles. The second kappa shape index (κ2) is 12.7. The van der Waals surface area contributed by atoms with Crippen LogP contribution in [0.2, 0.25) is 0 Å². The number of amides is 2. The van der Waals surface area contributed by atoms with Crippen LogP contribution in [-0.2, 0) is 14.4 Å². The van der Waals surface area contributed by atoms with Crippen LogP contribution in [0.4, 0.5) is 0 Å². The molecule has 2 aliphatic heterocycles. The number of aliphatic hydroxyl groups is 2. The summed E-state index contributed by atoms with van der Waals surface area (Å²) in [5.74, 6) is -1.45. The number of carboxylic acids is 1. The summed E-state index contributed by atoms with van der Waals surface area (Å²) in [6.45, 7) is 0.188. The van der Waals surface area contributed by atoms with E-state index in [1.807, 2.05) is 0 Å². The monoisotopic (exact) mass is 538 g/mol. The lowest BCUT2D eigenvalue weighted by Gasteiger charge is -2.49. The van der Waals surface area contributed by atoms with Crippen molar-refractivity contribution in [2.45, 2.75) is 28.9 Å². The van der Waals surface area contributed by atoms with Crippen LogP contribution in [0, 0.1) is 0 Å². The highest BCUT2D eigenvalue weighted by atomic mass is 32.2. The van der Waals surface area contributed by atoms with E-state index in [4.69, 9.17) is 15.9 Å². The van der Waals surface area contributed by atoms with E-state index in [2.05, 4.69) is 20.7 Å². The van der Waals surface area contributed by atoms with E-state index in [0.29, 0.717) is 34.1 Å². The molecule has 13 nitrogen and oxygen atoms in total. The predicted octanol–water partition coefficient (Wildman–Crippen LogP) is -0.598. The highest BCUT2D eigenvalue weighted by Gasteiger charge is 2.54. The number of hydrogen-bond acceptors (Lipinski definition) is 11. The Hall–Kier alpha value is -3.11. The minimum atomic E-state index is -1.19. The Morgan fingerprint density at radius 3 is 2.53 bits per heavy atom. The normalized spacial score (nSPS) is 19.5. The third-order valence-electron chi connectivity index (χ3n) is 5.19. The number of benzene rings is 1. The highest BCUT2D eigenvalue weighted by Crippen LogP contribution is 2.41. The SMILES string of the molecule is NC(C(=O)NC1C(=O)N2C(C(=O)O)=C(CSc3cn[nH]n3)CSC12)c1ccc(O)cc1.OCCCO. The van der Waals surface area contributed by atoms with Crippen LogP contribution < -0.4 is 11.1 Å². The van der Waals surface area contributed by atoms with Crippen molar-refractivity contribution in [1.82, 2.24) is 25.6 Å². The largest absolute Gasteiger partial charge is 0.508 e. The fourth-order valence-corrected chi connectivity index (χ4v) is 5.63. The van der Waals surface area contributed by atoms with Gasteiger partial charge in [0.25, 0.3) is 5.91 Å². The Labute approximate surface area is 214 Å². The number of nitrogens with two attached hydrogens (primary N) is 1. The summed E-state index contributed by atoms with van der Waals surface area (Å²) in [6, 6.07) is 3.98. The number of aromatic amines is 1. The van der Waals surface area contributed by atoms with Gasteiger partial charge < -0.3 is 31.5 Å². The standard InChI is InChI=1S/C18H18N6O5S2.C3H8O2/c19-12(8-1-3-10(25)4-2-8)15(26)21-13-16(27)24-14(18(28)29)9(7-31-17(13)24)6-30-11-5-20-23-22-11;4-2-1-3-5/h1-5,12-13,17,25H,6-7,19H2,(H,21,26)(H,28,29)(H,20,22,23);4-5H,1-3H2. The van der Waals surface area contributed by atoms with Gasteiger partial charge in [-0.25, -0.2) is 4.79 Å². The number of H-pyrrole nitrogens is 1. The Morgan fingerprint density at radius 2 is 1.97 bits per heavy atom. The fraction of sp³-hybridized carbons (Fsp3) is 0.381. The summed E-state index contributed by atoms with van der Waals surface area (Å²) in [4.78, 5) is 38.4. The van der Waals surface area contributed by atoms with Gasteiger partial charge in [-0.3, -0.25) is 14.5 Å². The van der Waals surface area contributed by atoms with E-state index in [9.17, 15) is 24.6 Å². The molecule has 1 aromatic heterocycles. The summed E-state index contributed by atoms with van der Waals surface area (Å²) in [7, 11) is 0. The molecule has 4 rings (SSSR count). The summed E-state index contributed by atoms with van der Waals surface area (Å²) in [6.07, 6.45) is 2.03. The van der Waals surface area contributed by atoms with Crippen LogP contribution in [-0.4, -0.2) is 94.7 Å². The molecule has 36 heavy (non-hydrogen) atoms. The van der Waals surface area contributed by atoms with Crippen molar-refractivity contribution in [3.8, 4) is 5.75 Å². The number of fused-ring (bicyclic) bond motifs is 1. The Kier molecular flexibility index (Phi) is 9.72. The number of carboxylic acid groups (broad SMARTS) is 1. The maximum Gasteiger partial charge on any atom is 0.352 e. The van der Waals surface area contributed by atoms with E-state index < -0.39 is 35.2 Å². The molecule has 8 N–H and O–H groups in total. The molecule has 2 aliphatic rings. The van der Waals surface area contributed by atoms with Gasteiger partial charge in [-0.1, -0.05) is 23.9 Å². The first-order valence-corrected chi connectivity index (χ1v) is 12.8. The molecule has 1 aromatic carbocycles. The number of hydrogen-bond donors (Lipinski definition) is 7. The molecule has 0 aliphatic carbocycles. The zero-order chi connectivity index (χ0) is 26.2. The number of carbonyl (C=O) groups excluding carboxylic acids is 2. The lowest BCUT2D eigenvalue weighted by molar-refractivity contribution is -0.150. The van der Waals surface area contributed by atoms with E-state index >= 15 is 0 Å². The number of aromatic nitrogens is 3. The molecule has 2 aromatic rings. The molecule has 15 heteroatoms. The number of aliphatic carboxylic acids is 1. The first kappa shape index (κ1) is 27.5. The third-order valence-corrected chi connectivity index (χ3v) is 7.51. The fourth-order valence-electron chi connectivity index (χ4n) is 3.36. The van der Waals surface area contributed by atoms with E-state index in [1.54, 1.807) is 0 Å². The molecule has 0 radical (unpaired) electrons. The highest BCUT2D eigenvalue weighted by molar-refractivity contribution is 8.01. The van der Waals surface area contributed by atoms with Gasteiger partial charge in [-0.15, -0.1) is 16.9 Å². The first-order valence-electron chi connectivity index (χ1n) is 10.7. The predicted molar refractivity (Wildman–Crippen MR) is 131 cm³/mol. The van der Waals surface area contributed by atoms with Crippen LogP contribution in [0.15, 0.2) is 46.8 Å². The summed E-state index contributed by atoms with van der Waals surface area (Å²) >= 11 is 2.70. The van der Waals surface area contributed by atoms with Gasteiger partial charge in [0, 0.05) is 24.7 Å². The van der Waals surface area contributed by atoms with Crippen LogP contribution in [0.1, 0.15) is 18.0 Å². The molecular weight excluding hydrogens is 512 g/mol. The minimum Gasteiger partial charge on any atom is -0.508 e. The van der Waals surface area contributed by atoms with Crippen LogP contribution in [0.25, 0.3) is 0 Å². The molecule has 1 fully saturated rings. The first-order chi connectivity index (χ1) is 17.3. The van der Waals surface area contributed by atoms with E-state index in [-0.39, 0.29) is 24.7 Å². The van der Waals surface area contributed by atoms with Crippen molar-refractivity contribution in [3.05, 3.63) is 47.3 Å². The molecule has 3 atom stereocenters. The quantitative estimate of drug-likeness (QED) is 0.157. The second-order valence-corrected chi connectivity index (χ2v) is 9.72. The maximum absolute atomic E-state index is 12.7. The number of thioether (sulfide) groups is 2. The zero-order valence-corrected chi connectivity index (χ0v) is 20.5. The molecule has 0 spiro atoms. The van der Waals surface area contributed by atoms with Gasteiger partial charge in [0.15, 0.2) is 0 Å². The molecular formula is C21H26N6O7S2. The summed E-state index contributed by atoms with van der Waals surface area (Å²) in [5, 5.41) is 47.7. The number of carbonyl (C=O) groups is 3. The molecule has 194 valence electrons. The van der Waals surface area contributed by atoms with Crippen LogP contribution in [0.5, 0.6) is 5.75 Å². The van der Waals surface area contributed by atoms with Crippen molar-refractivity contribution in [2.24, 2.45) is 5.73 Å². The van der Waals surface area contributed by atoms with Gasteiger partial charge in [-0.05, 0) is 29.7 Å². The molecule has 0 bridgehead atoms. The van der Waals surface area contributed by atoms with Gasteiger partial charge in [-0.2, -0.15) is 10.3 Å². The minimum absolute atomic E-state index is 0.0466. The number of aliphatic hydroxyl groups excluding tert-OH is 2. The van der Waals surface area contributed by atoms with Crippen molar-refractivity contribution in [1.29, 1.82) is 0 Å². The van der Waals surface area contributed by atoms with Crippen molar-refractivity contribution < 1.29 is 34.8 Å². The van der Waals surface area contributed by atoms with Crippen molar-refractivity contribution >= 4 is 41.3 Å². The smallest absolute Gasteiger partial charge is 0.352 e. The maximum atomic E-state index is 12.7. The lowest BCUT2D eigenvalue weighted by atomic mass is 10.0. The average molecular weight is 539 g/mol. The van der Waals surface area contributed by atoms with Crippen molar-refractivity contribution in [2.75, 3.05) is 24.7 Å². The number of nitrogens with zero attached hydrogens (tertiary/aromatic N) is 3. The summed E-state index contributed by atoms with van der Waals surface area (Å²) in [5.41, 5.74) is 6.99. The molecule has 3 heterocycles. The lowest BCUT2D eigenvalue weighted by Crippen LogP contribution is -2.71. The topological polar surface area (TPSA) is 215 Å². The number of phenols is 1. The number of aromatic hydroxyl groups is 1. The Balaban J connectivity index is 0.000000658. The second-order valence-electron chi connectivity index (χ2n) is 7.62. The van der Waals surface area contributed by atoms with Crippen molar-refractivity contribution in [3.63, 3.8) is 0 Å². The third kappa shape index (κ3) is 6.36. The summed E-state index contributed by atoms with van der Waals surface area (Å²) < 4.78 is 0. The molecule has 2 amide bonds. The number of nitrogens with one attached hydrogen (secondary N) is 2. The van der Waals surface area contributed by atoms with Gasteiger partial charge in [0.05, 0.1) is 6.20 Å². The van der Waals surface area contributed by atoms with Gasteiger partial charge in [0.1, 0.15) is 33.9 Å². The number of β-lactam (4-membered cyclic amide) rings is 1. The van der Waals surface area contributed by atoms with E-state index in [1.165, 1.54) is 58.9 Å². The van der Waals surface area contributed by atoms with E-state index in [0.717, 1.165) is 0 Å². The number of phenolic OH excluding ortho intramolecular Hbond substituents is 1. The van der Waals surface area contributed by atoms with Gasteiger partial charge in [0.2, 0.25) is 5.91 Å². The average Bonchev–Trinajstić information content (AvgIpc) is 3.39.